The predicted molar refractivity (Wildman–Crippen MR) is 75.9 cm³/mol. The van der Waals surface area contributed by atoms with Gasteiger partial charge in [-0.05, 0) is 36.6 Å². The van der Waals surface area contributed by atoms with Gasteiger partial charge in [0.1, 0.15) is 0 Å². The normalized spacial score (nSPS) is 11.0. The fraction of sp³-hybridized carbons (Fsp3) is 0.250. The molecule has 0 aliphatic heterocycles. The summed E-state index contributed by atoms with van der Waals surface area (Å²) in [5.41, 5.74) is 3.65. The summed E-state index contributed by atoms with van der Waals surface area (Å²) < 4.78 is 5.80. The number of benzene rings is 1. The van der Waals surface area contributed by atoms with E-state index in [9.17, 15) is 0 Å². The van der Waals surface area contributed by atoms with Crippen molar-refractivity contribution in [3.8, 4) is 11.5 Å². The van der Waals surface area contributed by atoms with Crippen molar-refractivity contribution in [1.29, 1.82) is 0 Å². The third kappa shape index (κ3) is 2.50. The van der Waals surface area contributed by atoms with Crippen molar-refractivity contribution in [2.75, 3.05) is 0 Å². The van der Waals surface area contributed by atoms with Crippen molar-refractivity contribution < 1.29 is 4.42 Å². The fourth-order valence-electron chi connectivity index (χ4n) is 2.08. The van der Waals surface area contributed by atoms with Gasteiger partial charge in [0.2, 0.25) is 5.89 Å². The number of unbranched alkanes of at least 4 members (excludes halogenated alkanes) is 1. The predicted octanol–water partition coefficient (Wildman–Crippen LogP) is 4.23. The molecule has 0 atom stereocenters. The topological polar surface area (TPSA) is 38.9 Å². The van der Waals surface area contributed by atoms with E-state index in [0.717, 1.165) is 17.6 Å². The van der Waals surface area contributed by atoms with Gasteiger partial charge in [-0.25, -0.2) is 4.98 Å². The van der Waals surface area contributed by atoms with Gasteiger partial charge in [0.15, 0.2) is 11.2 Å². The van der Waals surface area contributed by atoms with Crippen LogP contribution in [0.4, 0.5) is 0 Å². The third-order valence-corrected chi connectivity index (χ3v) is 3.14. The van der Waals surface area contributed by atoms with Gasteiger partial charge in [-0.2, -0.15) is 4.98 Å². The SMILES string of the molecule is CCCCc1cnc2nc(-c3ccccc3)oc2c1. The molecule has 0 bridgehead atoms. The van der Waals surface area contributed by atoms with Gasteiger partial charge in [-0.1, -0.05) is 31.5 Å². The molecule has 0 fully saturated rings. The molecule has 3 nitrogen and oxygen atoms in total. The first-order valence-corrected chi connectivity index (χ1v) is 6.67. The molecule has 3 heteroatoms. The number of nitrogens with zero attached hydrogens (tertiary/aromatic N) is 2. The van der Waals surface area contributed by atoms with E-state index in [1.54, 1.807) is 0 Å². The zero-order chi connectivity index (χ0) is 13.1. The van der Waals surface area contributed by atoms with Gasteiger partial charge in [-0.15, -0.1) is 0 Å². The van der Waals surface area contributed by atoms with Crippen molar-refractivity contribution in [2.45, 2.75) is 26.2 Å². The Bertz CT molecular complexity index is 674. The standard InChI is InChI=1S/C16H16N2O/c1-2-3-7-12-10-14-15(17-11-12)18-16(19-14)13-8-5-4-6-9-13/h4-6,8-11H,2-3,7H2,1H3. The fourth-order valence-corrected chi connectivity index (χ4v) is 2.08. The minimum atomic E-state index is 0.635. The Morgan fingerprint density at radius 2 is 2.00 bits per heavy atom. The van der Waals surface area contributed by atoms with Gasteiger partial charge >= 0.3 is 0 Å². The molecule has 0 unspecified atom stereocenters. The van der Waals surface area contributed by atoms with Crippen LogP contribution in [0, 0.1) is 0 Å². The number of rotatable bonds is 4. The van der Waals surface area contributed by atoms with E-state index in [4.69, 9.17) is 4.42 Å². The molecule has 0 aliphatic carbocycles. The number of hydrogen-bond donors (Lipinski definition) is 0. The highest BCUT2D eigenvalue weighted by atomic mass is 16.3. The Morgan fingerprint density at radius 1 is 1.16 bits per heavy atom. The molecule has 0 N–H and O–H groups in total. The van der Waals surface area contributed by atoms with E-state index in [1.807, 2.05) is 36.5 Å². The molecule has 3 rings (SSSR count). The molecule has 0 saturated carbocycles. The highest BCUT2D eigenvalue weighted by molar-refractivity contribution is 5.72. The van der Waals surface area contributed by atoms with Crippen LogP contribution in [0.25, 0.3) is 22.7 Å². The molecule has 0 radical (unpaired) electrons. The van der Waals surface area contributed by atoms with Crippen LogP contribution in [-0.4, -0.2) is 9.97 Å². The Balaban J connectivity index is 1.97. The van der Waals surface area contributed by atoms with Crippen LogP contribution in [-0.2, 0) is 6.42 Å². The summed E-state index contributed by atoms with van der Waals surface area (Å²) in [5, 5.41) is 0. The van der Waals surface area contributed by atoms with Crippen molar-refractivity contribution in [3.63, 3.8) is 0 Å². The number of pyridine rings is 1. The van der Waals surface area contributed by atoms with E-state index >= 15 is 0 Å². The lowest BCUT2D eigenvalue weighted by molar-refractivity contribution is 0.619. The van der Waals surface area contributed by atoms with E-state index < -0.39 is 0 Å². The first kappa shape index (κ1) is 11.9. The molecule has 0 spiro atoms. The molecule has 3 aromatic rings. The minimum Gasteiger partial charge on any atom is -0.434 e. The molecular weight excluding hydrogens is 236 g/mol. The number of fused-ring (bicyclic) bond motifs is 1. The molecule has 0 saturated heterocycles. The lowest BCUT2D eigenvalue weighted by atomic mass is 10.1. The largest absolute Gasteiger partial charge is 0.434 e. The summed E-state index contributed by atoms with van der Waals surface area (Å²) in [4.78, 5) is 8.80. The number of oxazole rings is 1. The second kappa shape index (κ2) is 5.22. The third-order valence-electron chi connectivity index (χ3n) is 3.14. The molecule has 2 heterocycles. The highest BCUT2D eigenvalue weighted by Crippen LogP contribution is 2.23. The maximum Gasteiger partial charge on any atom is 0.228 e. The Morgan fingerprint density at radius 3 is 2.79 bits per heavy atom. The van der Waals surface area contributed by atoms with Gasteiger partial charge in [0.25, 0.3) is 0 Å². The van der Waals surface area contributed by atoms with Crippen molar-refractivity contribution in [3.05, 3.63) is 48.2 Å². The number of hydrogen-bond acceptors (Lipinski definition) is 3. The maximum atomic E-state index is 5.80. The van der Waals surface area contributed by atoms with Crippen LogP contribution in [0.2, 0.25) is 0 Å². The molecule has 2 aromatic heterocycles. The van der Waals surface area contributed by atoms with Crippen molar-refractivity contribution in [1.82, 2.24) is 9.97 Å². The van der Waals surface area contributed by atoms with Crippen LogP contribution in [0.5, 0.6) is 0 Å². The lowest BCUT2D eigenvalue weighted by Crippen LogP contribution is -1.86. The number of aromatic nitrogens is 2. The van der Waals surface area contributed by atoms with Crippen LogP contribution in [0.1, 0.15) is 25.3 Å². The van der Waals surface area contributed by atoms with Gasteiger partial charge in [-0.3, -0.25) is 0 Å². The average Bonchev–Trinajstić information content (AvgIpc) is 2.89. The van der Waals surface area contributed by atoms with E-state index in [-0.39, 0.29) is 0 Å². The summed E-state index contributed by atoms with van der Waals surface area (Å²) in [6.07, 6.45) is 5.30. The van der Waals surface area contributed by atoms with Gasteiger partial charge in [0.05, 0.1) is 0 Å². The minimum absolute atomic E-state index is 0.635. The molecular formula is C16H16N2O. The summed E-state index contributed by atoms with van der Waals surface area (Å²) in [7, 11) is 0. The Kier molecular flexibility index (Phi) is 3.27. The summed E-state index contributed by atoms with van der Waals surface area (Å²) in [5.74, 6) is 0.635. The second-order valence-electron chi connectivity index (χ2n) is 4.65. The van der Waals surface area contributed by atoms with Crippen LogP contribution in [0.15, 0.2) is 47.0 Å². The van der Waals surface area contributed by atoms with E-state index in [1.165, 1.54) is 18.4 Å². The quantitative estimate of drug-likeness (QED) is 0.697. The summed E-state index contributed by atoms with van der Waals surface area (Å²) in [6, 6.07) is 12.0. The smallest absolute Gasteiger partial charge is 0.228 e. The monoisotopic (exact) mass is 252 g/mol. The highest BCUT2D eigenvalue weighted by Gasteiger charge is 2.09. The zero-order valence-corrected chi connectivity index (χ0v) is 11.0. The zero-order valence-electron chi connectivity index (χ0n) is 11.0. The van der Waals surface area contributed by atoms with E-state index in [0.29, 0.717) is 11.5 Å². The summed E-state index contributed by atoms with van der Waals surface area (Å²) in [6.45, 7) is 2.19. The maximum absolute atomic E-state index is 5.80. The first-order chi connectivity index (χ1) is 9.36. The molecule has 19 heavy (non-hydrogen) atoms. The molecule has 1 aromatic carbocycles. The first-order valence-electron chi connectivity index (χ1n) is 6.67. The Labute approximate surface area is 112 Å². The Hall–Kier alpha value is -2.16. The number of aryl methyl sites for hydroxylation is 1. The average molecular weight is 252 g/mol. The van der Waals surface area contributed by atoms with E-state index in [2.05, 4.69) is 23.0 Å². The summed E-state index contributed by atoms with van der Waals surface area (Å²) >= 11 is 0. The molecule has 96 valence electrons. The molecule has 0 aliphatic rings. The molecule has 0 amide bonds. The van der Waals surface area contributed by atoms with Gasteiger partial charge < -0.3 is 4.42 Å². The van der Waals surface area contributed by atoms with Crippen molar-refractivity contribution in [2.24, 2.45) is 0 Å². The van der Waals surface area contributed by atoms with Crippen molar-refractivity contribution >= 4 is 11.2 Å². The van der Waals surface area contributed by atoms with Gasteiger partial charge in [0, 0.05) is 11.8 Å². The second-order valence-corrected chi connectivity index (χ2v) is 4.65. The lowest BCUT2D eigenvalue weighted by Gasteiger charge is -1.97. The van der Waals surface area contributed by atoms with Crippen LogP contribution < -0.4 is 0 Å². The van der Waals surface area contributed by atoms with Crippen LogP contribution in [0.3, 0.4) is 0 Å². The van der Waals surface area contributed by atoms with Crippen LogP contribution >= 0.6 is 0 Å².